The van der Waals surface area contributed by atoms with Crippen LogP contribution >= 0.6 is 0 Å². The average Bonchev–Trinajstić information content (AvgIpc) is 2.67. The van der Waals surface area contributed by atoms with Crippen LogP contribution in [0.4, 0.5) is 4.39 Å². The highest BCUT2D eigenvalue weighted by Crippen LogP contribution is 2.36. The van der Waals surface area contributed by atoms with Crippen molar-refractivity contribution in [2.24, 2.45) is 0 Å². The summed E-state index contributed by atoms with van der Waals surface area (Å²) in [6.07, 6.45) is 1.29. The van der Waals surface area contributed by atoms with E-state index in [1.54, 1.807) is 42.5 Å². The van der Waals surface area contributed by atoms with Crippen molar-refractivity contribution < 1.29 is 23.8 Å². The monoisotopic (exact) mass is 359 g/mol. The van der Waals surface area contributed by atoms with Gasteiger partial charge in [-0.15, -0.1) is 0 Å². The van der Waals surface area contributed by atoms with Gasteiger partial charge in [-0.05, 0) is 36.6 Å². The summed E-state index contributed by atoms with van der Waals surface area (Å²) in [7, 11) is 1.45. The first kappa shape index (κ1) is 18.4. The SMILES string of the molecule is COc1cccc(C2(NCc3ccc(C(=O)O)cc3)CCOCC2)c1F. The number of rotatable bonds is 6. The molecule has 0 saturated carbocycles. The number of carbonyl (C=O) groups is 1. The van der Waals surface area contributed by atoms with Crippen LogP contribution in [0.2, 0.25) is 0 Å². The van der Waals surface area contributed by atoms with E-state index in [1.807, 2.05) is 0 Å². The lowest BCUT2D eigenvalue weighted by Crippen LogP contribution is -2.47. The Bertz CT molecular complexity index is 770. The summed E-state index contributed by atoms with van der Waals surface area (Å²) < 4.78 is 25.5. The van der Waals surface area contributed by atoms with Crippen molar-refractivity contribution in [3.05, 3.63) is 65.0 Å². The molecule has 0 bridgehead atoms. The standard InChI is InChI=1S/C20H22FNO4/c1-25-17-4-2-3-16(18(17)21)20(9-11-26-12-10-20)22-13-14-5-7-15(8-6-14)19(23)24/h2-8,22H,9-13H2,1H3,(H,23,24). The van der Waals surface area contributed by atoms with Gasteiger partial charge in [0.1, 0.15) is 0 Å². The van der Waals surface area contributed by atoms with E-state index in [-0.39, 0.29) is 17.1 Å². The van der Waals surface area contributed by atoms with Crippen molar-refractivity contribution in [1.82, 2.24) is 5.32 Å². The van der Waals surface area contributed by atoms with Gasteiger partial charge in [0.2, 0.25) is 0 Å². The fraction of sp³-hybridized carbons (Fsp3) is 0.350. The number of halogens is 1. The lowest BCUT2D eigenvalue weighted by atomic mass is 9.82. The highest BCUT2D eigenvalue weighted by atomic mass is 19.1. The molecule has 1 fully saturated rings. The topological polar surface area (TPSA) is 67.8 Å². The Morgan fingerprint density at radius 3 is 2.54 bits per heavy atom. The van der Waals surface area contributed by atoms with E-state index < -0.39 is 11.5 Å². The maximum absolute atomic E-state index is 14.9. The Morgan fingerprint density at radius 2 is 1.92 bits per heavy atom. The van der Waals surface area contributed by atoms with Gasteiger partial charge in [-0.2, -0.15) is 0 Å². The maximum atomic E-state index is 14.9. The van der Waals surface area contributed by atoms with Crippen LogP contribution in [0, 0.1) is 5.82 Å². The summed E-state index contributed by atoms with van der Waals surface area (Å²) in [6.45, 7) is 1.58. The molecule has 0 amide bonds. The van der Waals surface area contributed by atoms with Crippen molar-refractivity contribution in [3.8, 4) is 5.75 Å². The van der Waals surface area contributed by atoms with Crippen molar-refractivity contribution >= 4 is 5.97 Å². The van der Waals surface area contributed by atoms with Gasteiger partial charge in [0, 0.05) is 25.3 Å². The summed E-state index contributed by atoms with van der Waals surface area (Å²) in [5, 5.41) is 12.5. The third-order valence-electron chi connectivity index (χ3n) is 4.88. The van der Waals surface area contributed by atoms with Gasteiger partial charge in [0.05, 0.1) is 18.2 Å². The van der Waals surface area contributed by atoms with Crippen LogP contribution in [0.1, 0.15) is 34.3 Å². The molecule has 0 unspecified atom stereocenters. The van der Waals surface area contributed by atoms with E-state index in [0.717, 1.165) is 5.56 Å². The molecule has 0 atom stereocenters. The first-order chi connectivity index (χ1) is 12.6. The van der Waals surface area contributed by atoms with E-state index in [9.17, 15) is 9.18 Å². The average molecular weight is 359 g/mol. The summed E-state index contributed by atoms with van der Waals surface area (Å²) in [5.74, 6) is -1.09. The number of ether oxygens (including phenoxy) is 2. The van der Waals surface area contributed by atoms with Crippen LogP contribution < -0.4 is 10.1 Å². The maximum Gasteiger partial charge on any atom is 0.335 e. The highest BCUT2D eigenvalue weighted by molar-refractivity contribution is 5.87. The fourth-order valence-corrected chi connectivity index (χ4v) is 3.34. The zero-order valence-corrected chi connectivity index (χ0v) is 14.6. The largest absolute Gasteiger partial charge is 0.494 e. The van der Waals surface area contributed by atoms with E-state index in [0.29, 0.717) is 38.2 Å². The number of aromatic carboxylic acids is 1. The zero-order chi connectivity index (χ0) is 18.6. The Kier molecular flexibility index (Phi) is 5.54. The van der Waals surface area contributed by atoms with E-state index in [4.69, 9.17) is 14.6 Å². The molecule has 26 heavy (non-hydrogen) atoms. The number of carboxylic acids is 1. The van der Waals surface area contributed by atoms with E-state index >= 15 is 0 Å². The number of methoxy groups -OCH3 is 1. The predicted octanol–water partition coefficient (Wildman–Crippen LogP) is 3.33. The molecule has 0 radical (unpaired) electrons. The first-order valence-corrected chi connectivity index (χ1v) is 8.54. The second-order valence-electron chi connectivity index (χ2n) is 6.37. The molecule has 0 spiro atoms. The summed E-state index contributed by atoms with van der Waals surface area (Å²) >= 11 is 0. The minimum absolute atomic E-state index is 0.223. The first-order valence-electron chi connectivity index (χ1n) is 8.54. The third kappa shape index (κ3) is 3.71. The minimum Gasteiger partial charge on any atom is -0.494 e. The van der Waals surface area contributed by atoms with Crippen molar-refractivity contribution in [1.29, 1.82) is 0 Å². The molecular weight excluding hydrogens is 337 g/mol. The molecule has 2 N–H and O–H groups in total. The molecule has 1 aliphatic rings. The zero-order valence-electron chi connectivity index (χ0n) is 14.6. The van der Waals surface area contributed by atoms with Gasteiger partial charge >= 0.3 is 5.97 Å². The molecule has 2 aromatic carbocycles. The minimum atomic E-state index is -0.955. The number of hydrogen-bond acceptors (Lipinski definition) is 4. The molecule has 0 aromatic heterocycles. The quantitative estimate of drug-likeness (QED) is 0.828. The van der Waals surface area contributed by atoms with Gasteiger partial charge < -0.3 is 19.9 Å². The number of hydrogen-bond donors (Lipinski definition) is 2. The predicted molar refractivity (Wildman–Crippen MR) is 94.9 cm³/mol. The lowest BCUT2D eigenvalue weighted by molar-refractivity contribution is 0.0342. The van der Waals surface area contributed by atoms with Gasteiger partial charge in [-0.1, -0.05) is 24.3 Å². The molecular formula is C20H22FNO4. The van der Waals surface area contributed by atoms with Crippen LogP contribution in [-0.4, -0.2) is 31.4 Å². The lowest BCUT2D eigenvalue weighted by Gasteiger charge is -2.39. The Labute approximate surface area is 151 Å². The number of benzene rings is 2. The van der Waals surface area contributed by atoms with Crippen molar-refractivity contribution in [2.45, 2.75) is 24.9 Å². The second-order valence-corrected chi connectivity index (χ2v) is 6.37. The van der Waals surface area contributed by atoms with Gasteiger partial charge in [0.15, 0.2) is 11.6 Å². The Morgan fingerprint density at radius 1 is 1.23 bits per heavy atom. The molecule has 2 aromatic rings. The van der Waals surface area contributed by atoms with Gasteiger partial charge in [-0.25, -0.2) is 9.18 Å². The molecule has 138 valence electrons. The van der Waals surface area contributed by atoms with Crippen LogP contribution in [-0.2, 0) is 16.8 Å². The summed E-state index contributed by atoms with van der Waals surface area (Å²) in [6, 6.07) is 11.9. The molecule has 1 aliphatic heterocycles. The molecule has 0 aliphatic carbocycles. The molecule has 1 saturated heterocycles. The van der Waals surface area contributed by atoms with E-state index in [1.165, 1.54) is 7.11 Å². The normalized spacial score (nSPS) is 16.2. The molecule has 5 nitrogen and oxygen atoms in total. The summed E-state index contributed by atoms with van der Waals surface area (Å²) in [4.78, 5) is 11.0. The van der Waals surface area contributed by atoms with Gasteiger partial charge in [-0.3, -0.25) is 0 Å². The molecule has 1 heterocycles. The van der Waals surface area contributed by atoms with Gasteiger partial charge in [0.25, 0.3) is 0 Å². The Balaban J connectivity index is 1.85. The highest BCUT2D eigenvalue weighted by Gasteiger charge is 2.37. The van der Waals surface area contributed by atoms with Crippen LogP contribution in [0.25, 0.3) is 0 Å². The van der Waals surface area contributed by atoms with Crippen molar-refractivity contribution in [2.75, 3.05) is 20.3 Å². The van der Waals surface area contributed by atoms with E-state index in [2.05, 4.69) is 5.32 Å². The molecule has 6 heteroatoms. The summed E-state index contributed by atoms with van der Waals surface area (Å²) in [5.41, 5.74) is 1.20. The van der Waals surface area contributed by atoms with Crippen LogP contribution in [0.5, 0.6) is 5.75 Å². The second kappa shape index (κ2) is 7.85. The third-order valence-corrected chi connectivity index (χ3v) is 4.88. The fourth-order valence-electron chi connectivity index (χ4n) is 3.34. The van der Waals surface area contributed by atoms with Crippen LogP contribution in [0.15, 0.2) is 42.5 Å². The number of nitrogens with one attached hydrogen (secondary N) is 1. The van der Waals surface area contributed by atoms with Crippen LogP contribution in [0.3, 0.4) is 0 Å². The Hall–Kier alpha value is -2.44. The number of carboxylic acid groups (broad SMARTS) is 1. The van der Waals surface area contributed by atoms with Crippen molar-refractivity contribution in [3.63, 3.8) is 0 Å². The smallest absolute Gasteiger partial charge is 0.335 e. The molecule has 3 rings (SSSR count).